The number of ether oxygens (including phenoxy) is 1. The topological polar surface area (TPSA) is 26.3 Å². The van der Waals surface area contributed by atoms with Crippen LogP contribution >= 0.6 is 0 Å². The second kappa shape index (κ2) is 2.61. The van der Waals surface area contributed by atoms with E-state index in [-0.39, 0.29) is 12.1 Å². The molecular formula is C10H14O2. The summed E-state index contributed by atoms with van der Waals surface area (Å²) in [4.78, 5) is 10.7. The lowest BCUT2D eigenvalue weighted by Gasteiger charge is -2.22. The molecule has 0 saturated heterocycles. The van der Waals surface area contributed by atoms with Gasteiger partial charge in [0.2, 0.25) is 0 Å². The Bertz CT molecular complexity index is 232. The smallest absolute Gasteiger partial charge is 0.302 e. The average Bonchev–Trinajstić information content (AvgIpc) is 2.43. The van der Waals surface area contributed by atoms with Crippen LogP contribution in [0.2, 0.25) is 0 Å². The minimum absolute atomic E-state index is 0.147. The number of hydrogen-bond acceptors (Lipinski definition) is 2. The Morgan fingerprint density at radius 3 is 2.83 bits per heavy atom. The van der Waals surface area contributed by atoms with E-state index in [4.69, 9.17) is 4.74 Å². The van der Waals surface area contributed by atoms with Crippen LogP contribution in [-0.4, -0.2) is 12.1 Å². The molecule has 0 aromatic rings. The summed E-state index contributed by atoms with van der Waals surface area (Å²) in [7, 11) is 0. The average molecular weight is 166 g/mol. The Balaban J connectivity index is 2.02. The van der Waals surface area contributed by atoms with E-state index in [2.05, 4.69) is 6.58 Å². The lowest BCUT2D eigenvalue weighted by molar-refractivity contribution is -0.147. The molecule has 0 unspecified atom stereocenters. The summed E-state index contributed by atoms with van der Waals surface area (Å²) < 4.78 is 5.22. The first kappa shape index (κ1) is 7.84. The molecule has 66 valence electrons. The number of fused-ring (bicyclic) bond motifs is 2. The van der Waals surface area contributed by atoms with Crippen LogP contribution in [0, 0.1) is 11.8 Å². The molecule has 0 aromatic carbocycles. The molecule has 2 fully saturated rings. The summed E-state index contributed by atoms with van der Waals surface area (Å²) in [5.74, 6) is 1.06. The van der Waals surface area contributed by atoms with Gasteiger partial charge >= 0.3 is 5.97 Å². The summed E-state index contributed by atoms with van der Waals surface area (Å²) >= 11 is 0. The van der Waals surface area contributed by atoms with Gasteiger partial charge in [0.05, 0.1) is 0 Å². The van der Waals surface area contributed by atoms with Gasteiger partial charge < -0.3 is 4.74 Å². The number of carbonyl (C=O) groups is 1. The third kappa shape index (κ3) is 1.15. The van der Waals surface area contributed by atoms with Crippen LogP contribution in [0.25, 0.3) is 0 Å². The molecule has 0 N–H and O–H groups in total. The minimum Gasteiger partial charge on any atom is -0.462 e. The van der Waals surface area contributed by atoms with E-state index in [9.17, 15) is 4.79 Å². The third-order valence-electron chi connectivity index (χ3n) is 2.99. The van der Waals surface area contributed by atoms with Crippen LogP contribution in [0.15, 0.2) is 12.2 Å². The second-order valence-corrected chi connectivity index (χ2v) is 3.95. The van der Waals surface area contributed by atoms with Crippen molar-refractivity contribution in [3.8, 4) is 0 Å². The first-order chi connectivity index (χ1) is 5.66. The van der Waals surface area contributed by atoms with Crippen LogP contribution in [-0.2, 0) is 9.53 Å². The largest absolute Gasteiger partial charge is 0.462 e. The van der Waals surface area contributed by atoms with E-state index < -0.39 is 0 Å². The fraction of sp³-hybridized carbons (Fsp3) is 0.700. The van der Waals surface area contributed by atoms with Gasteiger partial charge in [-0.05, 0) is 25.2 Å². The molecule has 2 nitrogen and oxygen atoms in total. The van der Waals surface area contributed by atoms with Gasteiger partial charge in [0.1, 0.15) is 6.10 Å². The van der Waals surface area contributed by atoms with Crippen molar-refractivity contribution in [1.82, 2.24) is 0 Å². The molecule has 0 radical (unpaired) electrons. The summed E-state index contributed by atoms with van der Waals surface area (Å²) in [5.41, 5.74) is 1.29. The Morgan fingerprint density at radius 1 is 1.58 bits per heavy atom. The highest BCUT2D eigenvalue weighted by Gasteiger charge is 2.43. The first-order valence-corrected chi connectivity index (χ1v) is 4.51. The molecule has 2 aliphatic rings. The first-order valence-electron chi connectivity index (χ1n) is 4.51. The van der Waals surface area contributed by atoms with Gasteiger partial charge in [0.25, 0.3) is 0 Å². The van der Waals surface area contributed by atoms with Gasteiger partial charge in [-0.1, -0.05) is 12.2 Å². The van der Waals surface area contributed by atoms with Crippen molar-refractivity contribution in [2.24, 2.45) is 11.8 Å². The van der Waals surface area contributed by atoms with E-state index in [0.29, 0.717) is 5.92 Å². The van der Waals surface area contributed by atoms with Crippen LogP contribution < -0.4 is 0 Å². The lowest BCUT2D eigenvalue weighted by atomic mass is 9.93. The van der Waals surface area contributed by atoms with E-state index in [1.165, 1.54) is 18.9 Å². The molecule has 2 aliphatic carbocycles. The van der Waals surface area contributed by atoms with Crippen molar-refractivity contribution < 1.29 is 9.53 Å². The maximum absolute atomic E-state index is 10.7. The normalized spacial score (nSPS) is 38.8. The molecule has 0 heterocycles. The van der Waals surface area contributed by atoms with E-state index in [1.54, 1.807) is 0 Å². The minimum atomic E-state index is -0.152. The fourth-order valence-corrected chi connectivity index (χ4v) is 2.56. The Hall–Kier alpha value is -0.790. The lowest BCUT2D eigenvalue weighted by Crippen LogP contribution is -2.23. The van der Waals surface area contributed by atoms with Gasteiger partial charge in [-0.3, -0.25) is 4.79 Å². The molecule has 0 spiro atoms. The molecule has 2 bridgehead atoms. The second-order valence-electron chi connectivity index (χ2n) is 3.95. The fourth-order valence-electron chi connectivity index (χ4n) is 2.56. The van der Waals surface area contributed by atoms with Gasteiger partial charge in [0.15, 0.2) is 0 Å². The highest BCUT2D eigenvalue weighted by atomic mass is 16.5. The molecule has 0 aromatic heterocycles. The molecule has 2 heteroatoms. The van der Waals surface area contributed by atoms with Gasteiger partial charge in [-0.2, -0.15) is 0 Å². The van der Waals surface area contributed by atoms with E-state index in [1.807, 2.05) is 0 Å². The van der Waals surface area contributed by atoms with Crippen molar-refractivity contribution in [1.29, 1.82) is 0 Å². The van der Waals surface area contributed by atoms with Gasteiger partial charge in [-0.25, -0.2) is 0 Å². The van der Waals surface area contributed by atoms with Crippen molar-refractivity contribution >= 4 is 5.97 Å². The zero-order valence-electron chi connectivity index (χ0n) is 7.38. The monoisotopic (exact) mass is 166 g/mol. The van der Waals surface area contributed by atoms with Crippen LogP contribution in [0.3, 0.4) is 0 Å². The maximum atomic E-state index is 10.7. The van der Waals surface area contributed by atoms with Crippen molar-refractivity contribution in [3.05, 3.63) is 12.2 Å². The highest BCUT2D eigenvalue weighted by molar-refractivity contribution is 5.66. The van der Waals surface area contributed by atoms with Crippen molar-refractivity contribution in [2.45, 2.75) is 32.3 Å². The molecule has 3 atom stereocenters. The summed E-state index contributed by atoms with van der Waals surface area (Å²) in [6.45, 7) is 5.48. The van der Waals surface area contributed by atoms with E-state index in [0.717, 1.165) is 18.8 Å². The molecule has 2 saturated carbocycles. The zero-order valence-corrected chi connectivity index (χ0v) is 7.38. The predicted octanol–water partition coefficient (Wildman–Crippen LogP) is 1.90. The van der Waals surface area contributed by atoms with Crippen LogP contribution in [0.4, 0.5) is 0 Å². The number of carbonyl (C=O) groups excluding carboxylic acids is 1. The van der Waals surface area contributed by atoms with Crippen molar-refractivity contribution in [3.63, 3.8) is 0 Å². The molecule has 12 heavy (non-hydrogen) atoms. The quantitative estimate of drug-likeness (QED) is 0.439. The SMILES string of the molecule is C=C1C[C@@H]2C[C@@H](OC(C)=O)[C@H]1C2. The third-order valence-corrected chi connectivity index (χ3v) is 2.99. The standard InChI is InChI=1S/C10H14O2/c1-6-3-8-4-9(6)10(5-8)12-7(2)11/h8-10H,1,3-5H2,2H3/t8-,9-,10+/m0/s1. The molecule has 0 aliphatic heterocycles. The van der Waals surface area contributed by atoms with Gasteiger partial charge in [0, 0.05) is 12.8 Å². The molecular weight excluding hydrogens is 152 g/mol. The van der Waals surface area contributed by atoms with Gasteiger partial charge in [-0.15, -0.1) is 0 Å². The molecule has 0 amide bonds. The predicted molar refractivity (Wildman–Crippen MR) is 45.5 cm³/mol. The Morgan fingerprint density at radius 2 is 2.33 bits per heavy atom. The van der Waals surface area contributed by atoms with Crippen LogP contribution in [0.5, 0.6) is 0 Å². The summed E-state index contributed by atoms with van der Waals surface area (Å²) in [6, 6.07) is 0. The summed E-state index contributed by atoms with van der Waals surface area (Å²) in [5, 5.41) is 0. The number of rotatable bonds is 1. The number of esters is 1. The molecule has 2 rings (SSSR count). The van der Waals surface area contributed by atoms with E-state index >= 15 is 0 Å². The van der Waals surface area contributed by atoms with Crippen LogP contribution in [0.1, 0.15) is 26.2 Å². The zero-order chi connectivity index (χ0) is 8.72. The Labute approximate surface area is 72.6 Å². The maximum Gasteiger partial charge on any atom is 0.302 e. The number of hydrogen-bond donors (Lipinski definition) is 0. The highest BCUT2D eigenvalue weighted by Crippen LogP contribution is 2.48. The Kier molecular flexibility index (Phi) is 1.71. The van der Waals surface area contributed by atoms with Crippen molar-refractivity contribution in [2.75, 3.05) is 0 Å². The summed E-state index contributed by atoms with van der Waals surface area (Å²) in [6.07, 6.45) is 3.55.